The van der Waals surface area contributed by atoms with Gasteiger partial charge in [-0.25, -0.2) is 0 Å². The SMILES string of the molecule is Cc1cccc(C)c1C(C)C1CCNCC1. The molecule has 1 aliphatic heterocycles. The molecule has 1 aromatic carbocycles. The fraction of sp³-hybridized carbons (Fsp3) is 0.600. The molecule has 0 radical (unpaired) electrons. The maximum Gasteiger partial charge on any atom is -0.00461 e. The van der Waals surface area contributed by atoms with Crippen LogP contribution in [0, 0.1) is 19.8 Å². The number of aryl methyl sites for hydroxylation is 2. The Morgan fingerprint density at radius 3 is 2.25 bits per heavy atom. The fourth-order valence-electron chi connectivity index (χ4n) is 3.13. The largest absolute Gasteiger partial charge is 0.317 e. The van der Waals surface area contributed by atoms with Crippen LogP contribution in [0.1, 0.15) is 42.4 Å². The number of benzene rings is 1. The summed E-state index contributed by atoms with van der Waals surface area (Å²) in [5.41, 5.74) is 4.52. The second kappa shape index (κ2) is 5.01. The Bertz CT molecular complexity index is 330. The van der Waals surface area contributed by atoms with E-state index >= 15 is 0 Å². The molecule has 0 aliphatic carbocycles. The number of hydrogen-bond donors (Lipinski definition) is 1. The molecule has 0 spiro atoms. The minimum absolute atomic E-state index is 0.711. The molecule has 1 heterocycles. The highest BCUT2D eigenvalue weighted by Gasteiger charge is 2.23. The third-order valence-electron chi connectivity index (χ3n) is 4.09. The third-order valence-corrected chi connectivity index (χ3v) is 4.09. The smallest absolute Gasteiger partial charge is 0.00461 e. The predicted octanol–water partition coefficient (Wildman–Crippen LogP) is 3.41. The lowest BCUT2D eigenvalue weighted by Gasteiger charge is -2.30. The van der Waals surface area contributed by atoms with Crippen LogP contribution in [0.15, 0.2) is 18.2 Å². The minimum atomic E-state index is 0.711. The Morgan fingerprint density at radius 2 is 1.69 bits per heavy atom. The van der Waals surface area contributed by atoms with Crippen molar-refractivity contribution < 1.29 is 0 Å². The first-order chi connectivity index (χ1) is 7.70. The first kappa shape index (κ1) is 11.7. The van der Waals surface area contributed by atoms with Gasteiger partial charge in [-0.3, -0.25) is 0 Å². The highest BCUT2D eigenvalue weighted by Crippen LogP contribution is 2.34. The zero-order valence-electron chi connectivity index (χ0n) is 10.7. The number of hydrogen-bond acceptors (Lipinski definition) is 1. The van der Waals surface area contributed by atoms with Gasteiger partial charge in [-0.2, -0.15) is 0 Å². The molecule has 88 valence electrons. The van der Waals surface area contributed by atoms with Crippen LogP contribution in [-0.4, -0.2) is 13.1 Å². The van der Waals surface area contributed by atoms with E-state index in [4.69, 9.17) is 0 Å². The van der Waals surface area contributed by atoms with Crippen molar-refractivity contribution >= 4 is 0 Å². The molecule has 1 nitrogen and oxygen atoms in total. The summed E-state index contributed by atoms with van der Waals surface area (Å²) in [6, 6.07) is 6.67. The lowest BCUT2D eigenvalue weighted by molar-refractivity contribution is 0.329. The van der Waals surface area contributed by atoms with E-state index in [-0.39, 0.29) is 0 Å². The molecule has 0 saturated carbocycles. The Labute approximate surface area is 99.3 Å². The summed E-state index contributed by atoms with van der Waals surface area (Å²) in [5.74, 6) is 1.57. The minimum Gasteiger partial charge on any atom is -0.317 e. The van der Waals surface area contributed by atoms with Crippen molar-refractivity contribution in [2.24, 2.45) is 5.92 Å². The molecule has 1 saturated heterocycles. The van der Waals surface area contributed by atoms with E-state index in [2.05, 4.69) is 44.3 Å². The van der Waals surface area contributed by atoms with Crippen molar-refractivity contribution in [1.29, 1.82) is 0 Å². The van der Waals surface area contributed by atoms with Crippen LogP contribution in [-0.2, 0) is 0 Å². The van der Waals surface area contributed by atoms with Crippen molar-refractivity contribution in [3.8, 4) is 0 Å². The van der Waals surface area contributed by atoms with E-state index in [0.29, 0.717) is 5.92 Å². The summed E-state index contributed by atoms with van der Waals surface area (Å²) in [5, 5.41) is 3.45. The normalized spacial score (nSPS) is 19.7. The summed E-state index contributed by atoms with van der Waals surface area (Å²) >= 11 is 0. The second-order valence-corrected chi connectivity index (χ2v) is 5.18. The third kappa shape index (κ3) is 2.30. The van der Waals surface area contributed by atoms with Gasteiger partial charge in [-0.1, -0.05) is 25.1 Å². The van der Waals surface area contributed by atoms with Crippen LogP contribution in [0.3, 0.4) is 0 Å². The Morgan fingerprint density at radius 1 is 1.12 bits per heavy atom. The summed E-state index contributed by atoms with van der Waals surface area (Å²) < 4.78 is 0. The molecular formula is C15H23N. The van der Waals surface area contributed by atoms with Crippen LogP contribution < -0.4 is 5.32 Å². The van der Waals surface area contributed by atoms with Crippen LogP contribution >= 0.6 is 0 Å². The van der Waals surface area contributed by atoms with Crippen LogP contribution in [0.25, 0.3) is 0 Å². The quantitative estimate of drug-likeness (QED) is 0.800. The molecule has 1 atom stereocenters. The second-order valence-electron chi connectivity index (χ2n) is 5.18. The van der Waals surface area contributed by atoms with Crippen molar-refractivity contribution in [2.45, 2.75) is 39.5 Å². The number of piperidine rings is 1. The molecule has 2 rings (SSSR count). The van der Waals surface area contributed by atoms with Gasteiger partial charge >= 0.3 is 0 Å². The predicted molar refractivity (Wildman–Crippen MR) is 69.9 cm³/mol. The van der Waals surface area contributed by atoms with Gasteiger partial charge in [0.1, 0.15) is 0 Å². The van der Waals surface area contributed by atoms with Crippen molar-refractivity contribution in [3.05, 3.63) is 34.9 Å². The first-order valence-corrected chi connectivity index (χ1v) is 6.47. The summed E-state index contributed by atoms with van der Waals surface area (Å²) in [6.07, 6.45) is 2.66. The Balaban J connectivity index is 2.22. The number of nitrogens with one attached hydrogen (secondary N) is 1. The zero-order valence-corrected chi connectivity index (χ0v) is 10.7. The summed E-state index contributed by atoms with van der Waals surface area (Å²) in [4.78, 5) is 0. The van der Waals surface area contributed by atoms with Crippen molar-refractivity contribution in [2.75, 3.05) is 13.1 Å². The van der Waals surface area contributed by atoms with Crippen LogP contribution in [0.5, 0.6) is 0 Å². The molecule has 0 amide bonds. The molecule has 0 bridgehead atoms. The van der Waals surface area contributed by atoms with Gasteiger partial charge in [0, 0.05) is 0 Å². The molecule has 1 aromatic rings. The van der Waals surface area contributed by atoms with Crippen LogP contribution in [0.2, 0.25) is 0 Å². The maximum atomic E-state index is 3.45. The average Bonchev–Trinajstić information content (AvgIpc) is 2.30. The first-order valence-electron chi connectivity index (χ1n) is 6.47. The topological polar surface area (TPSA) is 12.0 Å². The van der Waals surface area contributed by atoms with Gasteiger partial charge in [-0.15, -0.1) is 0 Å². The molecule has 1 N–H and O–H groups in total. The lowest BCUT2D eigenvalue weighted by Crippen LogP contribution is -2.30. The molecule has 16 heavy (non-hydrogen) atoms. The van der Waals surface area contributed by atoms with E-state index in [1.54, 1.807) is 5.56 Å². The summed E-state index contributed by atoms with van der Waals surface area (Å²) in [6.45, 7) is 9.30. The van der Waals surface area contributed by atoms with Gasteiger partial charge in [0.25, 0.3) is 0 Å². The van der Waals surface area contributed by atoms with Crippen molar-refractivity contribution in [1.82, 2.24) is 5.32 Å². The molecule has 1 heteroatoms. The lowest BCUT2D eigenvalue weighted by atomic mass is 9.79. The highest BCUT2D eigenvalue weighted by molar-refractivity contribution is 5.36. The van der Waals surface area contributed by atoms with Crippen molar-refractivity contribution in [3.63, 3.8) is 0 Å². The Kier molecular flexibility index (Phi) is 3.65. The van der Waals surface area contributed by atoms with Gasteiger partial charge in [-0.05, 0) is 68.3 Å². The zero-order chi connectivity index (χ0) is 11.5. The van der Waals surface area contributed by atoms with E-state index < -0.39 is 0 Å². The van der Waals surface area contributed by atoms with Gasteiger partial charge in [0.2, 0.25) is 0 Å². The summed E-state index contributed by atoms with van der Waals surface area (Å²) in [7, 11) is 0. The van der Waals surface area contributed by atoms with Gasteiger partial charge in [0.15, 0.2) is 0 Å². The molecule has 0 aromatic heterocycles. The standard InChI is InChI=1S/C15H23N/c1-11-5-4-6-12(2)15(11)13(3)14-7-9-16-10-8-14/h4-6,13-14,16H,7-10H2,1-3H3. The van der Waals surface area contributed by atoms with Gasteiger partial charge in [0.05, 0.1) is 0 Å². The molecular weight excluding hydrogens is 194 g/mol. The number of rotatable bonds is 2. The Hall–Kier alpha value is -0.820. The van der Waals surface area contributed by atoms with E-state index in [1.165, 1.54) is 37.1 Å². The van der Waals surface area contributed by atoms with Crippen LogP contribution in [0.4, 0.5) is 0 Å². The molecule has 1 fully saturated rings. The monoisotopic (exact) mass is 217 g/mol. The van der Waals surface area contributed by atoms with E-state index in [0.717, 1.165) is 5.92 Å². The van der Waals surface area contributed by atoms with Gasteiger partial charge < -0.3 is 5.32 Å². The molecule has 1 aliphatic rings. The highest BCUT2D eigenvalue weighted by atomic mass is 14.9. The van der Waals surface area contributed by atoms with E-state index in [1.807, 2.05) is 0 Å². The van der Waals surface area contributed by atoms with E-state index in [9.17, 15) is 0 Å². The molecule has 1 unspecified atom stereocenters. The average molecular weight is 217 g/mol. The fourth-order valence-corrected chi connectivity index (χ4v) is 3.13. The maximum absolute atomic E-state index is 3.45.